The van der Waals surface area contributed by atoms with Crippen molar-refractivity contribution in [2.24, 2.45) is 10.2 Å². The van der Waals surface area contributed by atoms with Crippen LogP contribution in [0.3, 0.4) is 0 Å². The van der Waals surface area contributed by atoms with E-state index in [4.69, 9.17) is 4.74 Å². The first-order valence-corrected chi connectivity index (χ1v) is 8.40. The summed E-state index contributed by atoms with van der Waals surface area (Å²) in [4.78, 5) is 31.0. The van der Waals surface area contributed by atoms with Gasteiger partial charge in [0.05, 0.1) is 18.2 Å². The highest BCUT2D eigenvalue weighted by atomic mass is 32.2. The minimum atomic E-state index is -0.611. The molecule has 10 heteroatoms. The van der Waals surface area contributed by atoms with Gasteiger partial charge >= 0.3 is 12.0 Å². The Hall–Kier alpha value is -3.53. The van der Waals surface area contributed by atoms with Crippen molar-refractivity contribution in [3.8, 4) is 11.8 Å². The van der Waals surface area contributed by atoms with Gasteiger partial charge in [-0.05, 0) is 47.7 Å². The van der Waals surface area contributed by atoms with Gasteiger partial charge in [0.25, 0.3) is 5.91 Å². The Bertz CT molecular complexity index is 926. The summed E-state index contributed by atoms with van der Waals surface area (Å²) < 4.78 is 9.98. The predicted molar refractivity (Wildman–Crippen MR) is 99.4 cm³/mol. The molecule has 0 spiro atoms. The Morgan fingerprint density at radius 1 is 1.22 bits per heavy atom. The fraction of sp³-hybridized carbons (Fsp3) is 0.0588. The van der Waals surface area contributed by atoms with Gasteiger partial charge in [-0.3, -0.25) is 10.1 Å². The quantitative estimate of drug-likeness (QED) is 0.363. The Kier molecular flexibility index (Phi) is 5.90. The number of rotatable bonds is 5. The fourth-order valence-corrected chi connectivity index (χ4v) is 2.59. The third kappa shape index (κ3) is 5.22. The molecule has 0 aliphatic carbocycles. The number of carbonyl (C=O) groups is 2. The molecule has 0 unspecified atom stereocenters. The summed E-state index contributed by atoms with van der Waals surface area (Å²) in [6.45, 7) is 0. The summed E-state index contributed by atoms with van der Waals surface area (Å²) >= 11 is 1.00. The first-order chi connectivity index (χ1) is 13.1. The lowest BCUT2D eigenvalue weighted by Gasteiger charge is -2.02. The van der Waals surface area contributed by atoms with Crippen LogP contribution >= 0.6 is 11.8 Å². The highest BCUT2D eigenvalue weighted by Crippen LogP contribution is 2.23. The molecule has 1 fully saturated rings. The maximum Gasteiger partial charge on any atom is 0.331 e. The Morgan fingerprint density at radius 2 is 1.96 bits per heavy atom. The number of carbonyl (C=O) groups excluding carboxylic acids is 2. The fourth-order valence-electron chi connectivity index (χ4n) is 1.85. The number of nitrogens with one attached hydrogen (secondary N) is 1. The Balaban J connectivity index is 1.60. The van der Waals surface area contributed by atoms with Gasteiger partial charge in [0.1, 0.15) is 5.75 Å². The molecule has 0 saturated carbocycles. The van der Waals surface area contributed by atoms with E-state index < -0.39 is 11.9 Å². The van der Waals surface area contributed by atoms with Gasteiger partial charge in [-0.25, -0.2) is 14.8 Å². The van der Waals surface area contributed by atoms with Crippen LogP contribution in [0.1, 0.15) is 5.56 Å². The molecule has 1 amide bonds. The molecule has 0 radical (unpaired) electrons. The molecule has 3 rings (SSSR count). The van der Waals surface area contributed by atoms with Gasteiger partial charge in [0, 0.05) is 18.5 Å². The van der Waals surface area contributed by atoms with E-state index >= 15 is 0 Å². The maximum absolute atomic E-state index is 11.7. The van der Waals surface area contributed by atoms with E-state index in [-0.39, 0.29) is 16.1 Å². The predicted octanol–water partition coefficient (Wildman–Crippen LogP) is 1.88. The summed E-state index contributed by atoms with van der Waals surface area (Å²) in [7, 11) is 1.24. The third-order valence-corrected chi connectivity index (χ3v) is 3.99. The van der Waals surface area contributed by atoms with Crippen LogP contribution in [-0.4, -0.2) is 40.3 Å². The second-order valence-corrected chi connectivity index (χ2v) is 5.97. The average Bonchev–Trinajstić information content (AvgIpc) is 3.03. The van der Waals surface area contributed by atoms with Crippen molar-refractivity contribution in [2.45, 2.75) is 0 Å². The van der Waals surface area contributed by atoms with Crippen LogP contribution in [0.5, 0.6) is 11.8 Å². The summed E-state index contributed by atoms with van der Waals surface area (Å²) in [5.41, 5.74) is 0.778. The number of esters is 1. The standard InChI is InChI=1S/C17H13N5O4S/c1-25-14(23)9-13-15(24)21-17(27-13)22-20-10-11-3-5-12(6-4-11)26-16-18-7-2-8-19-16/h2-10H,1H3,(H,21,22,24)/b13-9+,20-10?. The van der Waals surface area contributed by atoms with E-state index in [2.05, 4.69) is 30.2 Å². The van der Waals surface area contributed by atoms with Gasteiger partial charge in [-0.2, -0.15) is 5.10 Å². The molecule has 1 aromatic carbocycles. The number of nitrogens with zero attached hydrogens (tertiary/aromatic N) is 4. The molecule has 1 N–H and O–H groups in total. The maximum atomic E-state index is 11.7. The molecule has 1 aliphatic heterocycles. The highest BCUT2D eigenvalue weighted by molar-refractivity contribution is 8.18. The van der Waals surface area contributed by atoms with Crippen molar-refractivity contribution in [1.82, 2.24) is 15.3 Å². The Labute approximate surface area is 158 Å². The summed E-state index contributed by atoms with van der Waals surface area (Å²) in [6, 6.07) is 9.01. The molecule has 0 bridgehead atoms. The van der Waals surface area contributed by atoms with E-state index in [0.29, 0.717) is 5.75 Å². The lowest BCUT2D eigenvalue weighted by Crippen LogP contribution is -2.19. The number of ether oxygens (including phenoxy) is 2. The highest BCUT2D eigenvalue weighted by Gasteiger charge is 2.24. The molecule has 2 heterocycles. The van der Waals surface area contributed by atoms with E-state index in [1.54, 1.807) is 42.7 Å². The molecule has 1 aliphatic rings. The van der Waals surface area contributed by atoms with Gasteiger partial charge < -0.3 is 9.47 Å². The SMILES string of the molecule is COC(=O)/C=C1/S/C(=N\N=Cc2ccc(Oc3ncccn3)cc2)NC1=O. The normalized spacial score (nSPS) is 16.7. The first-order valence-electron chi connectivity index (χ1n) is 7.59. The lowest BCUT2D eigenvalue weighted by molar-refractivity contribution is -0.135. The molecule has 0 atom stereocenters. The van der Waals surface area contributed by atoms with Crippen LogP contribution < -0.4 is 10.1 Å². The summed E-state index contributed by atoms with van der Waals surface area (Å²) in [5.74, 6) is -0.453. The minimum Gasteiger partial charge on any atom is -0.466 e. The van der Waals surface area contributed by atoms with Crippen molar-refractivity contribution < 1.29 is 19.1 Å². The molecule has 1 saturated heterocycles. The second-order valence-electron chi connectivity index (χ2n) is 4.94. The zero-order valence-electron chi connectivity index (χ0n) is 14.0. The van der Waals surface area contributed by atoms with Crippen LogP contribution in [0.25, 0.3) is 0 Å². The van der Waals surface area contributed by atoms with E-state index in [0.717, 1.165) is 23.4 Å². The number of amides is 1. The monoisotopic (exact) mass is 383 g/mol. The van der Waals surface area contributed by atoms with Crippen LogP contribution in [0.15, 0.2) is 63.9 Å². The van der Waals surface area contributed by atoms with Crippen molar-refractivity contribution in [3.63, 3.8) is 0 Å². The lowest BCUT2D eigenvalue weighted by atomic mass is 10.2. The molecule has 1 aromatic heterocycles. The molecular weight excluding hydrogens is 370 g/mol. The van der Waals surface area contributed by atoms with Crippen molar-refractivity contribution in [1.29, 1.82) is 0 Å². The van der Waals surface area contributed by atoms with Gasteiger partial charge in [-0.1, -0.05) is 0 Å². The van der Waals surface area contributed by atoms with E-state index in [9.17, 15) is 9.59 Å². The van der Waals surface area contributed by atoms with Crippen LogP contribution in [-0.2, 0) is 14.3 Å². The number of hydrogen-bond acceptors (Lipinski definition) is 9. The van der Waals surface area contributed by atoms with Gasteiger partial charge in [-0.15, -0.1) is 5.10 Å². The molecule has 9 nitrogen and oxygen atoms in total. The topological polar surface area (TPSA) is 115 Å². The van der Waals surface area contributed by atoms with Crippen molar-refractivity contribution in [3.05, 3.63) is 59.3 Å². The van der Waals surface area contributed by atoms with E-state index in [1.165, 1.54) is 13.3 Å². The minimum absolute atomic E-state index is 0.195. The van der Waals surface area contributed by atoms with Gasteiger partial charge in [0.15, 0.2) is 5.17 Å². The van der Waals surface area contributed by atoms with Gasteiger partial charge in [0.2, 0.25) is 0 Å². The second kappa shape index (κ2) is 8.72. The molecule has 2 aromatic rings. The number of hydrogen-bond donors (Lipinski definition) is 1. The van der Waals surface area contributed by atoms with Crippen molar-refractivity contribution in [2.75, 3.05) is 7.11 Å². The van der Waals surface area contributed by atoms with Crippen LogP contribution in [0.4, 0.5) is 0 Å². The number of benzene rings is 1. The smallest absolute Gasteiger partial charge is 0.331 e. The molecule has 27 heavy (non-hydrogen) atoms. The number of aromatic nitrogens is 2. The zero-order chi connectivity index (χ0) is 19.1. The number of thioether (sulfide) groups is 1. The third-order valence-electron chi connectivity index (χ3n) is 3.09. The van der Waals surface area contributed by atoms with Crippen LogP contribution in [0, 0.1) is 0 Å². The zero-order valence-corrected chi connectivity index (χ0v) is 14.8. The summed E-state index contributed by atoms with van der Waals surface area (Å²) in [5, 5.41) is 10.6. The molecular formula is C17H13N5O4S. The summed E-state index contributed by atoms with van der Waals surface area (Å²) in [6.07, 6.45) is 5.80. The molecule has 136 valence electrons. The Morgan fingerprint density at radius 3 is 2.67 bits per heavy atom. The first kappa shape index (κ1) is 18.3. The van der Waals surface area contributed by atoms with Crippen molar-refractivity contribution >= 4 is 35.0 Å². The average molecular weight is 383 g/mol. The van der Waals surface area contributed by atoms with E-state index in [1.807, 2.05) is 0 Å². The number of amidine groups is 1. The van der Waals surface area contributed by atoms with Crippen LogP contribution in [0.2, 0.25) is 0 Å². The largest absolute Gasteiger partial charge is 0.466 e. The number of methoxy groups -OCH3 is 1.